The lowest BCUT2D eigenvalue weighted by atomic mass is 9.53. The maximum atomic E-state index is 6.78. The Bertz CT molecular complexity index is 866. The fourth-order valence-corrected chi connectivity index (χ4v) is 6.75. The van der Waals surface area contributed by atoms with E-state index >= 15 is 0 Å². The Labute approximate surface area is 184 Å². The average Bonchev–Trinajstić information content (AvgIpc) is 3.15. The van der Waals surface area contributed by atoms with Crippen LogP contribution in [-0.2, 0) is 26.0 Å². The topological polar surface area (TPSA) is 49.4 Å². The zero-order chi connectivity index (χ0) is 21.0. The number of likely N-dealkylation sites (N-methyl/N-ethyl adjacent to an activating group) is 1. The van der Waals surface area contributed by atoms with Crippen LogP contribution in [0.4, 0.5) is 0 Å². The maximum absolute atomic E-state index is 6.78. The molecule has 1 spiro atoms. The van der Waals surface area contributed by atoms with Gasteiger partial charge in [0.1, 0.15) is 12.2 Å². The minimum Gasteiger partial charge on any atom is -0.482 e. The Morgan fingerprint density at radius 2 is 2.16 bits per heavy atom. The summed E-state index contributed by atoms with van der Waals surface area (Å²) in [6, 6.07) is 4.79. The highest BCUT2D eigenvalue weighted by Gasteiger charge is 2.64. The molecule has 3 aliphatic heterocycles. The molecule has 0 saturated carbocycles. The van der Waals surface area contributed by atoms with Gasteiger partial charge in [0.05, 0.1) is 12.7 Å². The molecule has 2 aliphatic carbocycles. The van der Waals surface area contributed by atoms with Gasteiger partial charge in [0.25, 0.3) is 0 Å². The number of likely N-dealkylation sites (tertiary alicyclic amines) is 1. The first kappa shape index (κ1) is 20.0. The molecule has 1 aromatic rings. The van der Waals surface area contributed by atoms with Gasteiger partial charge in [-0.1, -0.05) is 18.2 Å². The molecule has 31 heavy (non-hydrogen) atoms. The van der Waals surface area contributed by atoms with Crippen LogP contribution in [0.15, 0.2) is 24.3 Å². The lowest BCUT2D eigenvalue weighted by molar-refractivity contribution is -0.103. The first-order chi connectivity index (χ1) is 15.2. The molecule has 5 aliphatic rings. The van der Waals surface area contributed by atoms with Gasteiger partial charge in [-0.3, -0.25) is 0 Å². The Morgan fingerprint density at radius 1 is 1.23 bits per heavy atom. The molecule has 2 bridgehead atoms. The van der Waals surface area contributed by atoms with Crippen molar-refractivity contribution in [1.29, 1.82) is 0 Å². The van der Waals surface area contributed by atoms with Crippen LogP contribution in [0.1, 0.15) is 36.8 Å². The molecule has 3 unspecified atom stereocenters. The van der Waals surface area contributed by atoms with E-state index in [4.69, 9.17) is 23.7 Å². The predicted molar refractivity (Wildman–Crippen MR) is 116 cm³/mol. The third-order valence-corrected chi connectivity index (χ3v) is 8.20. The third kappa shape index (κ3) is 2.99. The van der Waals surface area contributed by atoms with Crippen LogP contribution in [0.25, 0.3) is 0 Å². The molecule has 6 nitrogen and oxygen atoms in total. The number of rotatable bonds is 6. The molecule has 0 amide bonds. The van der Waals surface area contributed by atoms with E-state index in [0.717, 1.165) is 50.3 Å². The maximum Gasteiger partial charge on any atom is 0.188 e. The van der Waals surface area contributed by atoms with Gasteiger partial charge in [0.2, 0.25) is 0 Å². The number of methoxy groups -OCH3 is 1. The van der Waals surface area contributed by atoms with E-state index in [2.05, 4.69) is 36.2 Å². The van der Waals surface area contributed by atoms with Crippen molar-refractivity contribution >= 4 is 0 Å². The quantitative estimate of drug-likeness (QED) is 0.514. The van der Waals surface area contributed by atoms with Crippen molar-refractivity contribution in [2.45, 2.75) is 61.9 Å². The molecule has 0 N–H and O–H groups in total. The van der Waals surface area contributed by atoms with E-state index in [0.29, 0.717) is 18.6 Å². The minimum atomic E-state index is -0.0699. The van der Waals surface area contributed by atoms with E-state index < -0.39 is 0 Å². The summed E-state index contributed by atoms with van der Waals surface area (Å²) in [7, 11) is 3.91. The normalized spacial score (nSPS) is 37.9. The monoisotopic (exact) mass is 427 g/mol. The van der Waals surface area contributed by atoms with Gasteiger partial charge >= 0.3 is 0 Å². The summed E-state index contributed by atoms with van der Waals surface area (Å²) in [5.41, 5.74) is 2.73. The van der Waals surface area contributed by atoms with Gasteiger partial charge in [-0.2, -0.15) is 0 Å². The molecule has 6 heteroatoms. The van der Waals surface area contributed by atoms with Crippen molar-refractivity contribution in [2.24, 2.45) is 5.92 Å². The Hall–Kier alpha value is -1.60. The number of hydrogen-bond acceptors (Lipinski definition) is 6. The van der Waals surface area contributed by atoms with Gasteiger partial charge in [0.15, 0.2) is 18.3 Å². The van der Waals surface area contributed by atoms with Gasteiger partial charge in [-0.25, -0.2) is 0 Å². The van der Waals surface area contributed by atoms with E-state index in [1.54, 1.807) is 7.11 Å². The van der Waals surface area contributed by atoms with Crippen molar-refractivity contribution in [2.75, 3.05) is 40.7 Å². The fraction of sp³-hybridized carbons (Fsp3) is 0.680. The van der Waals surface area contributed by atoms with Crippen molar-refractivity contribution in [3.63, 3.8) is 0 Å². The summed E-state index contributed by atoms with van der Waals surface area (Å²) in [5, 5.41) is 0. The first-order valence-corrected chi connectivity index (χ1v) is 11.8. The molecular formula is C25H33NO5. The van der Waals surface area contributed by atoms with Crippen molar-refractivity contribution in [3.05, 3.63) is 35.4 Å². The van der Waals surface area contributed by atoms with Gasteiger partial charge in [0, 0.05) is 36.7 Å². The number of piperidine rings is 1. The molecule has 6 rings (SSSR count). The summed E-state index contributed by atoms with van der Waals surface area (Å²) < 4.78 is 30.3. The summed E-state index contributed by atoms with van der Waals surface area (Å²) in [5.74, 6) is 2.14. The van der Waals surface area contributed by atoms with E-state index in [9.17, 15) is 0 Å². The third-order valence-electron chi connectivity index (χ3n) is 8.20. The Kier molecular flexibility index (Phi) is 5.02. The van der Waals surface area contributed by atoms with Gasteiger partial charge in [-0.05, 0) is 57.3 Å². The average molecular weight is 428 g/mol. The van der Waals surface area contributed by atoms with E-state index in [1.807, 2.05) is 0 Å². The second-order valence-electron chi connectivity index (χ2n) is 9.76. The predicted octanol–water partition coefficient (Wildman–Crippen LogP) is 3.07. The van der Waals surface area contributed by atoms with Crippen molar-refractivity contribution in [3.8, 4) is 11.5 Å². The number of benzene rings is 1. The SMILES string of the molecule is COCOc1ccc2c3c1OC1C(OCC4CCCCO4)C=C[C@H]4[C@@H](C2)N(C)CC[C@]314. The van der Waals surface area contributed by atoms with Crippen LogP contribution >= 0.6 is 0 Å². The Balaban J connectivity index is 1.37. The molecule has 1 aromatic carbocycles. The smallest absolute Gasteiger partial charge is 0.188 e. The highest BCUT2D eigenvalue weighted by atomic mass is 16.7. The second kappa shape index (κ2) is 7.77. The fourth-order valence-electron chi connectivity index (χ4n) is 6.75. The molecule has 2 saturated heterocycles. The van der Waals surface area contributed by atoms with Crippen LogP contribution in [0, 0.1) is 5.92 Å². The van der Waals surface area contributed by atoms with E-state index in [1.165, 1.54) is 17.5 Å². The van der Waals surface area contributed by atoms with Crippen LogP contribution in [0.5, 0.6) is 11.5 Å². The summed E-state index contributed by atoms with van der Waals surface area (Å²) in [6.45, 7) is 2.78. The van der Waals surface area contributed by atoms with Crippen LogP contribution in [0.2, 0.25) is 0 Å². The summed E-state index contributed by atoms with van der Waals surface area (Å²) in [6.07, 6.45) is 10.4. The number of nitrogens with zero attached hydrogens (tertiary/aromatic N) is 1. The minimum absolute atomic E-state index is 0.0244. The molecular weight excluding hydrogens is 394 g/mol. The molecule has 168 valence electrons. The van der Waals surface area contributed by atoms with Crippen molar-refractivity contribution < 1.29 is 23.7 Å². The largest absolute Gasteiger partial charge is 0.482 e. The van der Waals surface area contributed by atoms with Crippen LogP contribution in [0.3, 0.4) is 0 Å². The van der Waals surface area contributed by atoms with Gasteiger partial charge in [-0.15, -0.1) is 0 Å². The number of ether oxygens (including phenoxy) is 5. The van der Waals surface area contributed by atoms with E-state index in [-0.39, 0.29) is 30.5 Å². The summed E-state index contributed by atoms with van der Waals surface area (Å²) >= 11 is 0. The standard InChI is InChI=1S/C25H33NO5/c1-26-11-10-25-18-7-9-21(29-14-17-5-3-4-12-28-17)24(25)31-23-20(30-15-27-2)8-6-16(22(23)25)13-19(18)26/h6-9,17-19,21,24H,3-5,10-15H2,1-2H3/t17?,18-,19+,21?,24?,25-/m0/s1. The zero-order valence-corrected chi connectivity index (χ0v) is 18.5. The molecule has 0 aromatic heterocycles. The molecule has 2 fully saturated rings. The van der Waals surface area contributed by atoms with Crippen molar-refractivity contribution in [1.82, 2.24) is 4.90 Å². The Morgan fingerprint density at radius 3 is 3.00 bits per heavy atom. The molecule has 3 heterocycles. The lowest BCUT2D eigenvalue weighted by Gasteiger charge is -2.56. The van der Waals surface area contributed by atoms with Gasteiger partial charge < -0.3 is 28.6 Å². The second-order valence-corrected chi connectivity index (χ2v) is 9.76. The first-order valence-electron chi connectivity index (χ1n) is 11.8. The zero-order valence-electron chi connectivity index (χ0n) is 18.5. The molecule has 6 atom stereocenters. The highest BCUT2D eigenvalue weighted by Crippen LogP contribution is 2.62. The highest BCUT2D eigenvalue weighted by molar-refractivity contribution is 5.62. The van der Waals surface area contributed by atoms with Crippen LogP contribution < -0.4 is 9.47 Å². The summed E-state index contributed by atoms with van der Waals surface area (Å²) in [4.78, 5) is 2.53. The van der Waals surface area contributed by atoms with Crippen LogP contribution in [-0.4, -0.2) is 70.0 Å². The lowest BCUT2D eigenvalue weighted by Crippen LogP contribution is -2.65. The number of hydrogen-bond donors (Lipinski definition) is 0. The molecule has 0 radical (unpaired) electrons.